The van der Waals surface area contributed by atoms with Crippen molar-refractivity contribution in [3.05, 3.63) is 20.7 Å². The van der Waals surface area contributed by atoms with Crippen LogP contribution in [0.3, 0.4) is 0 Å². The second kappa shape index (κ2) is 2.84. The van der Waals surface area contributed by atoms with Gasteiger partial charge in [-0.1, -0.05) is 11.6 Å². The number of hydrogen-bond donors (Lipinski definition) is 2. The third kappa shape index (κ3) is 1.46. The fourth-order valence-corrected chi connectivity index (χ4v) is 1.20. The molecule has 0 aromatic heterocycles. The molecule has 0 saturated carbocycles. The smallest absolute Gasteiger partial charge is 0.140 e. The van der Waals surface area contributed by atoms with E-state index in [4.69, 9.17) is 22.4 Å². The minimum absolute atomic E-state index is 0.0328. The predicted octanol–water partition coefficient (Wildman–Crippen LogP) is 2.23. The lowest BCUT2D eigenvalue weighted by atomic mass is 10.3. The fraction of sp³-hybridized carbons (Fsp3) is 0. The lowest BCUT2D eigenvalue weighted by Gasteiger charge is -1.99. The van der Waals surface area contributed by atoms with Crippen LogP contribution >= 0.6 is 34.2 Å². The van der Waals surface area contributed by atoms with E-state index in [1.807, 2.05) is 22.6 Å². The van der Waals surface area contributed by atoms with Gasteiger partial charge in [0.05, 0.1) is 10.7 Å². The molecule has 1 rings (SSSR count). The molecule has 0 radical (unpaired) electrons. The largest absolute Gasteiger partial charge is 0.506 e. The number of anilines is 1. The van der Waals surface area contributed by atoms with E-state index in [1.165, 1.54) is 6.07 Å². The van der Waals surface area contributed by atoms with Crippen LogP contribution in [0, 0.1) is 3.57 Å². The summed E-state index contributed by atoms with van der Waals surface area (Å²) in [4.78, 5) is 0. The molecular weight excluding hydrogens is 264 g/mol. The molecular formula is C6H5ClINO. The molecule has 0 unspecified atom stereocenters. The first kappa shape index (κ1) is 7.94. The molecule has 0 aliphatic carbocycles. The van der Waals surface area contributed by atoms with E-state index in [0.717, 1.165) is 3.57 Å². The number of aromatic hydroxyl groups is 1. The molecule has 0 bridgehead atoms. The van der Waals surface area contributed by atoms with Crippen molar-refractivity contribution in [2.45, 2.75) is 0 Å². The summed E-state index contributed by atoms with van der Waals surface area (Å²) in [5.74, 6) is 0.0328. The van der Waals surface area contributed by atoms with Gasteiger partial charge in [0, 0.05) is 9.64 Å². The quantitative estimate of drug-likeness (QED) is 0.431. The zero-order chi connectivity index (χ0) is 7.72. The van der Waals surface area contributed by atoms with Crippen LogP contribution in [-0.2, 0) is 0 Å². The normalized spacial score (nSPS) is 9.80. The van der Waals surface area contributed by atoms with Gasteiger partial charge in [-0.05, 0) is 28.7 Å². The van der Waals surface area contributed by atoms with Crippen molar-refractivity contribution in [1.82, 2.24) is 0 Å². The van der Waals surface area contributed by atoms with Crippen molar-refractivity contribution in [3.63, 3.8) is 0 Å². The van der Waals surface area contributed by atoms with Crippen LogP contribution in [0.15, 0.2) is 12.1 Å². The molecule has 0 heterocycles. The van der Waals surface area contributed by atoms with Crippen molar-refractivity contribution >= 4 is 39.9 Å². The minimum atomic E-state index is 0.0328. The molecule has 0 saturated heterocycles. The molecule has 0 atom stereocenters. The highest BCUT2D eigenvalue weighted by atomic mass is 127. The summed E-state index contributed by atoms with van der Waals surface area (Å²) in [6.07, 6.45) is 0. The van der Waals surface area contributed by atoms with Crippen molar-refractivity contribution in [1.29, 1.82) is 0 Å². The van der Waals surface area contributed by atoms with Crippen LogP contribution in [0.25, 0.3) is 0 Å². The first-order chi connectivity index (χ1) is 4.61. The van der Waals surface area contributed by atoms with Gasteiger partial charge in [0.15, 0.2) is 0 Å². The average Bonchev–Trinajstić information content (AvgIpc) is 1.84. The number of nitrogen functional groups attached to an aromatic ring is 1. The van der Waals surface area contributed by atoms with E-state index in [0.29, 0.717) is 10.7 Å². The maximum absolute atomic E-state index is 9.01. The molecule has 3 N–H and O–H groups in total. The summed E-state index contributed by atoms with van der Waals surface area (Å²) in [7, 11) is 0. The van der Waals surface area contributed by atoms with Crippen molar-refractivity contribution in [3.8, 4) is 5.75 Å². The highest BCUT2D eigenvalue weighted by Gasteiger charge is 2.01. The minimum Gasteiger partial charge on any atom is -0.506 e. The summed E-state index contributed by atoms with van der Waals surface area (Å²) >= 11 is 7.71. The lowest BCUT2D eigenvalue weighted by Crippen LogP contribution is -1.86. The molecule has 0 aliphatic rings. The number of nitrogens with two attached hydrogens (primary N) is 1. The summed E-state index contributed by atoms with van der Waals surface area (Å²) in [6.45, 7) is 0. The first-order valence-electron chi connectivity index (χ1n) is 2.54. The highest BCUT2D eigenvalue weighted by Crippen LogP contribution is 2.28. The Bertz CT molecular complexity index is 214. The maximum Gasteiger partial charge on any atom is 0.140 e. The standard InChI is InChI=1S/C6H5ClINO/c7-3-1-6(10)5(9)2-4(3)8/h1-2,10H,9H2. The molecule has 10 heavy (non-hydrogen) atoms. The topological polar surface area (TPSA) is 46.2 Å². The van der Waals surface area contributed by atoms with Gasteiger partial charge in [-0.3, -0.25) is 0 Å². The van der Waals surface area contributed by atoms with Crippen LogP contribution in [-0.4, -0.2) is 5.11 Å². The van der Waals surface area contributed by atoms with E-state index < -0.39 is 0 Å². The van der Waals surface area contributed by atoms with E-state index in [1.54, 1.807) is 6.07 Å². The Morgan fingerprint density at radius 2 is 2.10 bits per heavy atom. The first-order valence-corrected chi connectivity index (χ1v) is 4.00. The second-order valence-corrected chi connectivity index (χ2v) is 3.39. The third-order valence-corrected chi connectivity index (χ3v) is 2.59. The van der Waals surface area contributed by atoms with E-state index in [-0.39, 0.29) is 5.75 Å². The summed E-state index contributed by atoms with van der Waals surface area (Å²) in [6, 6.07) is 3.05. The Balaban J connectivity index is 3.28. The van der Waals surface area contributed by atoms with Crippen molar-refractivity contribution < 1.29 is 5.11 Å². The molecule has 1 aromatic rings. The zero-order valence-corrected chi connectivity index (χ0v) is 7.85. The van der Waals surface area contributed by atoms with Gasteiger partial charge in [-0.15, -0.1) is 0 Å². The summed E-state index contributed by atoms with van der Waals surface area (Å²) in [5, 5.41) is 9.53. The predicted molar refractivity (Wildman–Crippen MR) is 50.2 cm³/mol. The van der Waals surface area contributed by atoms with Gasteiger partial charge in [-0.25, -0.2) is 0 Å². The number of halogens is 2. The monoisotopic (exact) mass is 269 g/mol. The van der Waals surface area contributed by atoms with Gasteiger partial charge >= 0.3 is 0 Å². The van der Waals surface area contributed by atoms with Crippen molar-refractivity contribution in [2.75, 3.05) is 5.73 Å². The van der Waals surface area contributed by atoms with Gasteiger partial charge in [0.1, 0.15) is 5.75 Å². The number of hydrogen-bond acceptors (Lipinski definition) is 2. The Hall–Kier alpha value is -0.160. The van der Waals surface area contributed by atoms with Crippen LogP contribution < -0.4 is 5.73 Å². The van der Waals surface area contributed by atoms with Gasteiger partial charge in [-0.2, -0.15) is 0 Å². The van der Waals surface area contributed by atoms with Gasteiger partial charge in [0.25, 0.3) is 0 Å². The molecule has 54 valence electrons. The molecule has 4 heteroatoms. The third-order valence-electron chi connectivity index (χ3n) is 1.07. The zero-order valence-electron chi connectivity index (χ0n) is 4.94. The van der Waals surface area contributed by atoms with E-state index >= 15 is 0 Å². The summed E-state index contributed by atoms with van der Waals surface area (Å²) in [5.41, 5.74) is 5.73. The molecule has 1 aromatic carbocycles. The molecule has 0 spiro atoms. The Morgan fingerprint density at radius 3 is 2.60 bits per heavy atom. The number of rotatable bonds is 0. The van der Waals surface area contributed by atoms with E-state index in [2.05, 4.69) is 0 Å². The highest BCUT2D eigenvalue weighted by molar-refractivity contribution is 14.1. The molecule has 0 fully saturated rings. The fourth-order valence-electron chi connectivity index (χ4n) is 0.552. The lowest BCUT2D eigenvalue weighted by molar-refractivity contribution is 0.478. The number of phenolic OH excluding ortho intramolecular Hbond substituents is 1. The maximum atomic E-state index is 9.01. The molecule has 0 amide bonds. The Kier molecular flexibility index (Phi) is 2.25. The number of phenols is 1. The second-order valence-electron chi connectivity index (χ2n) is 1.83. The molecule has 2 nitrogen and oxygen atoms in total. The summed E-state index contributed by atoms with van der Waals surface area (Å²) < 4.78 is 0.842. The Morgan fingerprint density at radius 1 is 1.50 bits per heavy atom. The van der Waals surface area contributed by atoms with E-state index in [9.17, 15) is 0 Å². The van der Waals surface area contributed by atoms with Crippen LogP contribution in [0.4, 0.5) is 5.69 Å². The van der Waals surface area contributed by atoms with Crippen LogP contribution in [0.1, 0.15) is 0 Å². The van der Waals surface area contributed by atoms with Crippen LogP contribution in [0.2, 0.25) is 5.02 Å². The molecule has 0 aliphatic heterocycles. The van der Waals surface area contributed by atoms with Crippen molar-refractivity contribution in [2.24, 2.45) is 0 Å². The SMILES string of the molecule is Nc1cc(I)c(Cl)cc1O. The van der Waals surface area contributed by atoms with Crippen LogP contribution in [0.5, 0.6) is 5.75 Å². The Labute approximate surface area is 77.1 Å². The van der Waals surface area contributed by atoms with Gasteiger partial charge in [0.2, 0.25) is 0 Å². The average molecular weight is 269 g/mol. The van der Waals surface area contributed by atoms with Gasteiger partial charge < -0.3 is 10.8 Å². The number of benzene rings is 1.